The van der Waals surface area contributed by atoms with Gasteiger partial charge >= 0.3 is 5.97 Å². The number of nitrogens with zero attached hydrogens (tertiary/aromatic N) is 1. The van der Waals surface area contributed by atoms with Gasteiger partial charge in [-0.15, -0.1) is 0 Å². The van der Waals surface area contributed by atoms with E-state index in [1.54, 1.807) is 27.3 Å². The van der Waals surface area contributed by atoms with Crippen LogP contribution in [0.15, 0.2) is 29.2 Å². The van der Waals surface area contributed by atoms with Crippen LogP contribution < -0.4 is 14.9 Å². The van der Waals surface area contributed by atoms with E-state index in [1.165, 1.54) is 6.07 Å². The molecule has 1 unspecified atom stereocenters. The summed E-state index contributed by atoms with van der Waals surface area (Å²) in [5.41, 5.74) is 2.09. The van der Waals surface area contributed by atoms with Gasteiger partial charge in [-0.25, -0.2) is 4.79 Å². The molecule has 190 valence electrons. The molecule has 1 aromatic carbocycles. The van der Waals surface area contributed by atoms with Crippen molar-refractivity contribution in [2.24, 2.45) is 10.8 Å². The average Bonchev–Trinajstić information content (AvgIpc) is 2.78. The number of esters is 1. The van der Waals surface area contributed by atoms with Crippen LogP contribution in [0.25, 0.3) is 11.3 Å². The van der Waals surface area contributed by atoms with E-state index in [4.69, 9.17) is 23.7 Å². The monoisotopic (exact) mass is 485 g/mol. The van der Waals surface area contributed by atoms with Crippen LogP contribution >= 0.6 is 0 Å². The van der Waals surface area contributed by atoms with Crippen LogP contribution in [-0.2, 0) is 20.6 Å². The van der Waals surface area contributed by atoms with Crippen molar-refractivity contribution in [3.05, 3.63) is 45.7 Å². The summed E-state index contributed by atoms with van der Waals surface area (Å²) in [4.78, 5) is 25.4. The van der Waals surface area contributed by atoms with Crippen LogP contribution in [0, 0.1) is 10.8 Å². The first-order valence-electron chi connectivity index (χ1n) is 12.0. The number of carbonyl (C=O) groups excluding carboxylic acids is 1. The molecular weight excluding hydrogens is 450 g/mol. The first-order chi connectivity index (χ1) is 16.6. The summed E-state index contributed by atoms with van der Waals surface area (Å²) >= 11 is 0. The maximum atomic E-state index is 12.9. The van der Waals surface area contributed by atoms with Crippen molar-refractivity contribution in [3.8, 4) is 22.8 Å². The summed E-state index contributed by atoms with van der Waals surface area (Å²) in [6, 6.07) is 5.47. The lowest BCUT2D eigenvalue weighted by atomic mass is 9.78. The van der Waals surface area contributed by atoms with E-state index in [-0.39, 0.29) is 34.5 Å². The molecule has 8 heteroatoms. The van der Waals surface area contributed by atoms with Crippen molar-refractivity contribution in [2.75, 3.05) is 47.3 Å². The van der Waals surface area contributed by atoms with Crippen molar-refractivity contribution in [1.29, 1.82) is 0 Å². The topological polar surface area (TPSA) is 85.2 Å². The molecule has 0 bridgehead atoms. The van der Waals surface area contributed by atoms with Crippen molar-refractivity contribution in [3.63, 3.8) is 0 Å². The molecule has 1 saturated heterocycles. The summed E-state index contributed by atoms with van der Waals surface area (Å²) in [5.74, 6) is 0.636. The molecule has 3 heterocycles. The van der Waals surface area contributed by atoms with Crippen LogP contribution in [0.5, 0.6) is 11.5 Å². The van der Waals surface area contributed by atoms with Crippen molar-refractivity contribution in [1.82, 2.24) is 4.57 Å². The lowest BCUT2D eigenvalue weighted by Crippen LogP contribution is -2.50. The van der Waals surface area contributed by atoms with Gasteiger partial charge in [-0.05, 0) is 36.5 Å². The summed E-state index contributed by atoms with van der Waals surface area (Å²) in [7, 11) is 3.28. The minimum absolute atomic E-state index is 0.0138. The number of hydrogen-bond donors (Lipinski definition) is 0. The summed E-state index contributed by atoms with van der Waals surface area (Å²) < 4.78 is 29.9. The van der Waals surface area contributed by atoms with Crippen LogP contribution in [-0.4, -0.2) is 57.8 Å². The summed E-state index contributed by atoms with van der Waals surface area (Å²) in [6.07, 6.45) is 2.36. The van der Waals surface area contributed by atoms with Gasteiger partial charge in [0.2, 0.25) is 0 Å². The Morgan fingerprint density at radius 1 is 1.14 bits per heavy atom. The second-order valence-corrected chi connectivity index (χ2v) is 10.5. The highest BCUT2D eigenvalue weighted by atomic mass is 16.5. The van der Waals surface area contributed by atoms with E-state index in [9.17, 15) is 9.59 Å². The highest BCUT2D eigenvalue weighted by molar-refractivity contribution is 5.89. The number of methoxy groups -OCH3 is 2. The first kappa shape index (κ1) is 25.3. The minimum atomic E-state index is -0.599. The largest absolute Gasteiger partial charge is 0.493 e. The van der Waals surface area contributed by atoms with E-state index >= 15 is 0 Å². The number of carbonyl (C=O) groups is 1. The second kappa shape index (κ2) is 9.66. The van der Waals surface area contributed by atoms with Crippen molar-refractivity contribution < 1.29 is 28.5 Å². The Morgan fingerprint density at radius 2 is 1.89 bits per heavy atom. The summed E-state index contributed by atoms with van der Waals surface area (Å²) in [6.45, 7) is 10.6. The highest BCUT2D eigenvalue weighted by Crippen LogP contribution is 2.46. The van der Waals surface area contributed by atoms with Crippen LogP contribution in [0.3, 0.4) is 0 Å². The van der Waals surface area contributed by atoms with Crippen molar-refractivity contribution >= 4 is 5.97 Å². The number of fused-ring (bicyclic) bond motifs is 3. The Labute approximate surface area is 206 Å². The zero-order valence-corrected chi connectivity index (χ0v) is 21.4. The minimum Gasteiger partial charge on any atom is -0.493 e. The van der Waals surface area contributed by atoms with Gasteiger partial charge in [0.15, 0.2) is 16.9 Å². The highest BCUT2D eigenvalue weighted by Gasteiger charge is 2.40. The number of ether oxygens (including phenoxy) is 5. The Morgan fingerprint density at radius 3 is 2.46 bits per heavy atom. The van der Waals surface area contributed by atoms with Crippen LogP contribution in [0.4, 0.5) is 0 Å². The Balaban J connectivity index is 1.78. The molecule has 2 aliphatic heterocycles. The molecule has 8 nitrogen and oxygen atoms in total. The predicted octanol–water partition coefficient (Wildman–Crippen LogP) is 3.89. The van der Waals surface area contributed by atoms with Gasteiger partial charge in [-0.3, -0.25) is 4.79 Å². The molecule has 0 saturated carbocycles. The molecule has 2 aromatic rings. The van der Waals surface area contributed by atoms with E-state index in [0.717, 1.165) is 16.8 Å². The molecule has 0 aliphatic carbocycles. The predicted molar refractivity (Wildman–Crippen MR) is 131 cm³/mol. The molecule has 0 N–H and O–H groups in total. The number of benzene rings is 1. The third-order valence-corrected chi connectivity index (χ3v) is 6.79. The Hall–Kier alpha value is -2.84. The van der Waals surface area contributed by atoms with Crippen molar-refractivity contribution in [2.45, 2.75) is 40.2 Å². The van der Waals surface area contributed by atoms with Gasteiger partial charge in [0.25, 0.3) is 0 Å². The van der Waals surface area contributed by atoms with E-state index in [1.807, 2.05) is 16.7 Å². The quantitative estimate of drug-likeness (QED) is 0.525. The van der Waals surface area contributed by atoms with Gasteiger partial charge < -0.3 is 28.3 Å². The molecule has 4 rings (SSSR count). The molecule has 0 radical (unpaired) electrons. The Bertz CT molecular complexity index is 1160. The molecule has 0 amide bonds. The first-order valence-corrected chi connectivity index (χ1v) is 12.0. The third-order valence-electron chi connectivity index (χ3n) is 6.79. The van der Waals surface area contributed by atoms with Gasteiger partial charge in [0, 0.05) is 31.0 Å². The van der Waals surface area contributed by atoms with E-state index in [0.29, 0.717) is 44.3 Å². The van der Waals surface area contributed by atoms with Gasteiger partial charge in [0.05, 0.1) is 44.6 Å². The number of hydrogen-bond acceptors (Lipinski definition) is 7. The molecule has 0 spiro atoms. The normalized spacial score (nSPS) is 18.2. The average molecular weight is 486 g/mol. The van der Waals surface area contributed by atoms with Gasteiger partial charge in [-0.2, -0.15) is 0 Å². The second-order valence-electron chi connectivity index (χ2n) is 10.5. The van der Waals surface area contributed by atoms with E-state index in [2.05, 4.69) is 20.8 Å². The maximum absolute atomic E-state index is 12.9. The standard InChI is InChI=1S/C27H35NO7/c1-7-34-25(30)19-12-28-20(11-21(19)29)18-10-22(32-6)23(8-17(18)9-24(28)26(2,3)4)35-16-27(13-31-5)14-33-15-27/h8,10-12,24H,7,9,13-16H2,1-6H3. The van der Waals surface area contributed by atoms with E-state index < -0.39 is 5.97 Å². The van der Waals surface area contributed by atoms with Crippen LogP contribution in [0.1, 0.15) is 49.7 Å². The lowest BCUT2D eigenvalue weighted by Gasteiger charge is -2.41. The number of rotatable bonds is 8. The zero-order valence-electron chi connectivity index (χ0n) is 21.4. The fraction of sp³-hybridized carbons (Fsp3) is 0.556. The molecule has 2 aliphatic rings. The maximum Gasteiger partial charge on any atom is 0.343 e. The molecule has 1 atom stereocenters. The third kappa shape index (κ3) is 4.82. The zero-order chi connectivity index (χ0) is 25.4. The van der Waals surface area contributed by atoms with Crippen LogP contribution in [0.2, 0.25) is 0 Å². The molecule has 35 heavy (non-hydrogen) atoms. The molecular formula is C27H35NO7. The smallest absolute Gasteiger partial charge is 0.343 e. The number of aromatic nitrogens is 1. The van der Waals surface area contributed by atoms with Gasteiger partial charge in [0.1, 0.15) is 12.2 Å². The number of pyridine rings is 1. The fourth-order valence-electron chi connectivity index (χ4n) is 4.83. The summed E-state index contributed by atoms with van der Waals surface area (Å²) in [5, 5.41) is 0. The lowest BCUT2D eigenvalue weighted by molar-refractivity contribution is -0.159. The Kier molecular flexibility index (Phi) is 6.97. The molecule has 1 fully saturated rings. The fourth-order valence-corrected chi connectivity index (χ4v) is 4.83. The van der Waals surface area contributed by atoms with Gasteiger partial charge in [-0.1, -0.05) is 20.8 Å². The molecule has 1 aromatic heterocycles. The SMILES string of the molecule is CCOC(=O)c1cn2c(cc1=O)-c1cc(OC)c(OCC3(COC)COC3)cc1CC2C(C)(C)C.